The van der Waals surface area contributed by atoms with Crippen LogP contribution in [0.3, 0.4) is 0 Å². The summed E-state index contributed by atoms with van der Waals surface area (Å²) in [5.41, 5.74) is 7.27. The lowest BCUT2D eigenvalue weighted by atomic mass is 9.83. The maximum absolute atomic E-state index is 13.3. The lowest BCUT2D eigenvalue weighted by Gasteiger charge is -2.23. The molecule has 1 aliphatic carbocycles. The summed E-state index contributed by atoms with van der Waals surface area (Å²) >= 11 is 0. The van der Waals surface area contributed by atoms with E-state index in [1.165, 1.54) is 6.07 Å². The molecule has 74 valence electrons. The van der Waals surface area contributed by atoms with Crippen LogP contribution in [0.1, 0.15) is 17.5 Å². The maximum atomic E-state index is 13.3. The fourth-order valence-electron chi connectivity index (χ4n) is 2.03. The molecule has 2 nitrogen and oxygen atoms in total. The van der Waals surface area contributed by atoms with Crippen LogP contribution in [0.2, 0.25) is 0 Å². The number of fused-ring (bicyclic) bond motifs is 1. The molecule has 0 heterocycles. The van der Waals surface area contributed by atoms with Gasteiger partial charge in [-0.2, -0.15) is 0 Å². The van der Waals surface area contributed by atoms with Crippen molar-refractivity contribution in [2.75, 3.05) is 0 Å². The van der Waals surface area contributed by atoms with Gasteiger partial charge in [0.2, 0.25) is 0 Å². The summed E-state index contributed by atoms with van der Waals surface area (Å²) in [4.78, 5) is 0. The topological polar surface area (TPSA) is 49.9 Å². The van der Waals surface area contributed by atoms with Gasteiger partial charge in [-0.3, -0.25) is 5.41 Å². The Morgan fingerprint density at radius 1 is 1.50 bits per heavy atom. The van der Waals surface area contributed by atoms with Crippen molar-refractivity contribution < 1.29 is 4.39 Å². The number of halogens is 1. The van der Waals surface area contributed by atoms with E-state index in [-0.39, 0.29) is 17.6 Å². The minimum absolute atomic E-state index is 0.101. The van der Waals surface area contributed by atoms with Crippen molar-refractivity contribution in [3.8, 4) is 0 Å². The molecule has 0 saturated carbocycles. The Bertz CT molecular complexity index is 374. The zero-order valence-electron chi connectivity index (χ0n) is 7.89. The highest BCUT2D eigenvalue weighted by Crippen LogP contribution is 2.27. The Labute approximate surface area is 82.4 Å². The quantitative estimate of drug-likeness (QED) is 0.518. The molecule has 0 saturated heterocycles. The van der Waals surface area contributed by atoms with Crippen LogP contribution in [0, 0.1) is 17.1 Å². The molecule has 14 heavy (non-hydrogen) atoms. The third-order valence-electron chi connectivity index (χ3n) is 2.86. The van der Waals surface area contributed by atoms with Gasteiger partial charge in [-0.05, 0) is 36.5 Å². The molecule has 2 rings (SSSR count). The zero-order chi connectivity index (χ0) is 10.1. The van der Waals surface area contributed by atoms with Crippen LogP contribution in [0.15, 0.2) is 18.2 Å². The van der Waals surface area contributed by atoms with E-state index in [4.69, 9.17) is 11.1 Å². The predicted molar refractivity (Wildman–Crippen MR) is 53.8 cm³/mol. The molecule has 1 aliphatic rings. The van der Waals surface area contributed by atoms with Crippen LogP contribution in [0.5, 0.6) is 0 Å². The number of amidine groups is 1. The van der Waals surface area contributed by atoms with E-state index in [1.54, 1.807) is 6.07 Å². The highest BCUT2D eigenvalue weighted by molar-refractivity contribution is 5.80. The summed E-state index contributed by atoms with van der Waals surface area (Å²) < 4.78 is 13.3. The summed E-state index contributed by atoms with van der Waals surface area (Å²) in [6.07, 6.45) is 2.21. The number of benzene rings is 1. The molecule has 0 radical (unpaired) electrons. The molecule has 0 spiro atoms. The molecule has 0 aliphatic heterocycles. The number of nitrogens with two attached hydrogens (primary N) is 1. The van der Waals surface area contributed by atoms with E-state index in [2.05, 4.69) is 0 Å². The van der Waals surface area contributed by atoms with Gasteiger partial charge in [-0.25, -0.2) is 4.39 Å². The van der Waals surface area contributed by atoms with Gasteiger partial charge in [0.15, 0.2) is 0 Å². The van der Waals surface area contributed by atoms with Gasteiger partial charge in [0.05, 0.1) is 5.84 Å². The van der Waals surface area contributed by atoms with E-state index >= 15 is 0 Å². The number of hydrogen-bond donors (Lipinski definition) is 2. The lowest BCUT2D eigenvalue weighted by Crippen LogP contribution is -2.28. The highest BCUT2D eigenvalue weighted by Gasteiger charge is 2.22. The Hall–Kier alpha value is -1.38. The SMILES string of the molecule is N=C(N)C1CCc2c(F)cccc2C1. The van der Waals surface area contributed by atoms with Crippen molar-refractivity contribution in [2.24, 2.45) is 11.7 Å². The molecule has 1 aromatic rings. The number of hydrogen-bond acceptors (Lipinski definition) is 1. The highest BCUT2D eigenvalue weighted by atomic mass is 19.1. The van der Waals surface area contributed by atoms with Gasteiger partial charge in [-0.15, -0.1) is 0 Å². The molecular formula is C11H13FN2. The Morgan fingerprint density at radius 3 is 3.00 bits per heavy atom. The summed E-state index contributed by atoms with van der Waals surface area (Å²) in [7, 11) is 0. The van der Waals surface area contributed by atoms with Crippen LogP contribution in [0.25, 0.3) is 0 Å². The first-order valence-electron chi connectivity index (χ1n) is 4.78. The first-order chi connectivity index (χ1) is 6.68. The van der Waals surface area contributed by atoms with Gasteiger partial charge in [0, 0.05) is 5.92 Å². The summed E-state index contributed by atoms with van der Waals surface area (Å²) in [5.74, 6) is 0.203. The van der Waals surface area contributed by atoms with Gasteiger partial charge >= 0.3 is 0 Å². The molecule has 1 unspecified atom stereocenters. The summed E-state index contributed by atoms with van der Waals surface area (Å²) in [6.45, 7) is 0. The molecule has 3 heteroatoms. The van der Waals surface area contributed by atoms with Crippen LogP contribution >= 0.6 is 0 Å². The normalized spacial score (nSPS) is 20.2. The minimum atomic E-state index is -0.121. The fourth-order valence-corrected chi connectivity index (χ4v) is 2.03. The second-order valence-electron chi connectivity index (χ2n) is 3.77. The van der Waals surface area contributed by atoms with Crippen molar-refractivity contribution in [1.82, 2.24) is 0 Å². The Balaban J connectivity index is 2.31. The average Bonchev–Trinajstić information content (AvgIpc) is 2.17. The predicted octanol–water partition coefficient (Wildman–Crippen LogP) is 1.87. The minimum Gasteiger partial charge on any atom is -0.387 e. The molecule has 1 aromatic carbocycles. The molecule has 0 amide bonds. The third-order valence-corrected chi connectivity index (χ3v) is 2.86. The van der Waals surface area contributed by atoms with Gasteiger partial charge in [0.1, 0.15) is 5.82 Å². The summed E-state index contributed by atoms with van der Waals surface area (Å²) in [5, 5.41) is 7.37. The zero-order valence-corrected chi connectivity index (χ0v) is 7.89. The van der Waals surface area contributed by atoms with Crippen LogP contribution in [-0.2, 0) is 12.8 Å². The Morgan fingerprint density at radius 2 is 2.29 bits per heavy atom. The standard InChI is InChI=1S/C11H13FN2/c12-10-3-1-2-7-6-8(11(13)14)4-5-9(7)10/h1-3,8H,4-6H2,(H3,13,14). The monoisotopic (exact) mass is 192 g/mol. The summed E-state index contributed by atoms with van der Waals surface area (Å²) in [6, 6.07) is 5.14. The van der Waals surface area contributed by atoms with Gasteiger partial charge < -0.3 is 5.73 Å². The fraction of sp³-hybridized carbons (Fsp3) is 0.364. The van der Waals surface area contributed by atoms with Crippen molar-refractivity contribution >= 4 is 5.84 Å². The van der Waals surface area contributed by atoms with Gasteiger partial charge in [0.25, 0.3) is 0 Å². The van der Waals surface area contributed by atoms with Crippen molar-refractivity contribution in [1.29, 1.82) is 5.41 Å². The van der Waals surface area contributed by atoms with Crippen LogP contribution in [0.4, 0.5) is 4.39 Å². The first-order valence-corrected chi connectivity index (χ1v) is 4.78. The smallest absolute Gasteiger partial charge is 0.126 e. The van der Waals surface area contributed by atoms with Crippen LogP contribution in [-0.4, -0.2) is 5.84 Å². The molecule has 0 aromatic heterocycles. The number of rotatable bonds is 1. The van der Waals surface area contributed by atoms with Crippen LogP contribution < -0.4 is 5.73 Å². The first kappa shape index (κ1) is 9.19. The third kappa shape index (κ3) is 1.50. The van der Waals surface area contributed by atoms with Crippen molar-refractivity contribution in [2.45, 2.75) is 19.3 Å². The van der Waals surface area contributed by atoms with Gasteiger partial charge in [-0.1, -0.05) is 12.1 Å². The van der Waals surface area contributed by atoms with E-state index < -0.39 is 0 Å². The average molecular weight is 192 g/mol. The largest absolute Gasteiger partial charge is 0.387 e. The Kier molecular flexibility index (Phi) is 2.23. The second-order valence-corrected chi connectivity index (χ2v) is 3.77. The van der Waals surface area contributed by atoms with Crippen molar-refractivity contribution in [3.05, 3.63) is 35.1 Å². The lowest BCUT2D eigenvalue weighted by molar-refractivity contribution is 0.536. The van der Waals surface area contributed by atoms with E-state index in [1.807, 2.05) is 6.07 Å². The van der Waals surface area contributed by atoms with Crippen molar-refractivity contribution in [3.63, 3.8) is 0 Å². The second kappa shape index (κ2) is 3.40. The number of nitrogens with one attached hydrogen (secondary N) is 1. The maximum Gasteiger partial charge on any atom is 0.126 e. The molecule has 3 N–H and O–H groups in total. The molecular weight excluding hydrogens is 179 g/mol. The van der Waals surface area contributed by atoms with E-state index in [0.29, 0.717) is 12.8 Å². The van der Waals surface area contributed by atoms with E-state index in [9.17, 15) is 4.39 Å². The molecule has 0 fully saturated rings. The van der Waals surface area contributed by atoms with E-state index in [0.717, 1.165) is 17.5 Å². The molecule has 0 bridgehead atoms. The molecule has 1 atom stereocenters.